The summed E-state index contributed by atoms with van der Waals surface area (Å²) in [4.78, 5) is 4.35. The third-order valence-corrected chi connectivity index (χ3v) is 2.62. The lowest BCUT2D eigenvalue weighted by molar-refractivity contribution is 0.392. The largest absolute Gasteiger partial charge is 0.345 e. The summed E-state index contributed by atoms with van der Waals surface area (Å²) in [6.07, 6.45) is 4.37. The van der Waals surface area contributed by atoms with Crippen LogP contribution in [0.1, 0.15) is 23.6 Å². The molecule has 4 heteroatoms. The van der Waals surface area contributed by atoms with Gasteiger partial charge in [-0.25, -0.2) is 0 Å². The van der Waals surface area contributed by atoms with Gasteiger partial charge in [0.1, 0.15) is 12.0 Å². The third kappa shape index (κ3) is 1.34. The fraction of sp³-hybridized carbons (Fsp3) is 0.182. The van der Waals surface area contributed by atoms with E-state index in [0.717, 1.165) is 17.8 Å². The number of fused-ring (bicyclic) bond motifs is 1. The summed E-state index contributed by atoms with van der Waals surface area (Å²) in [5.74, 6) is 0.227. The first-order valence-electron chi connectivity index (χ1n) is 4.83. The first-order chi connectivity index (χ1) is 7.45. The third-order valence-electron chi connectivity index (χ3n) is 2.62. The zero-order chi connectivity index (χ0) is 10.1. The van der Waals surface area contributed by atoms with Crippen molar-refractivity contribution in [2.45, 2.75) is 12.3 Å². The zero-order valence-electron chi connectivity index (χ0n) is 8.00. The van der Waals surface area contributed by atoms with Crippen LogP contribution in [-0.2, 0) is 0 Å². The summed E-state index contributed by atoms with van der Waals surface area (Å²) in [6.45, 7) is 0. The van der Waals surface area contributed by atoms with E-state index in [1.807, 2.05) is 24.4 Å². The minimum Gasteiger partial charge on any atom is -0.345 e. The van der Waals surface area contributed by atoms with Crippen molar-refractivity contribution in [2.75, 3.05) is 0 Å². The lowest BCUT2D eigenvalue weighted by Gasteiger charge is -2.17. The van der Waals surface area contributed by atoms with Crippen LogP contribution in [0.3, 0.4) is 0 Å². The molecule has 0 bridgehead atoms. The van der Waals surface area contributed by atoms with Gasteiger partial charge < -0.3 is 4.52 Å². The van der Waals surface area contributed by atoms with Crippen LogP contribution < -0.4 is 0 Å². The van der Waals surface area contributed by atoms with Gasteiger partial charge in [0, 0.05) is 17.4 Å². The van der Waals surface area contributed by atoms with Gasteiger partial charge in [-0.2, -0.15) is 0 Å². The van der Waals surface area contributed by atoms with Gasteiger partial charge in [-0.1, -0.05) is 18.2 Å². The second-order valence-corrected chi connectivity index (χ2v) is 3.49. The molecule has 0 saturated heterocycles. The normalized spacial score (nSPS) is 18.8. The Bertz CT molecular complexity index is 490. The first-order valence-corrected chi connectivity index (χ1v) is 4.83. The fourth-order valence-electron chi connectivity index (χ4n) is 1.89. The lowest BCUT2D eigenvalue weighted by atomic mass is 9.90. The van der Waals surface area contributed by atoms with Crippen molar-refractivity contribution in [3.8, 4) is 0 Å². The molecular weight excluding hydrogens is 190 g/mol. The molecule has 3 rings (SSSR count). The molecule has 0 spiro atoms. The van der Waals surface area contributed by atoms with E-state index in [1.165, 1.54) is 5.56 Å². The predicted octanol–water partition coefficient (Wildman–Crippen LogP) is 2.31. The highest BCUT2D eigenvalue weighted by atomic mass is 16.5. The number of nitrogens with zero attached hydrogens (tertiary/aromatic N) is 3. The van der Waals surface area contributed by atoms with Crippen molar-refractivity contribution in [2.24, 2.45) is 4.99 Å². The van der Waals surface area contributed by atoms with Crippen molar-refractivity contribution >= 4 is 11.9 Å². The topological polar surface area (TPSA) is 51.3 Å². The Morgan fingerprint density at radius 2 is 2.20 bits per heavy atom. The first kappa shape index (κ1) is 8.35. The molecular formula is C11H9N3O. The van der Waals surface area contributed by atoms with E-state index in [9.17, 15) is 0 Å². The second-order valence-electron chi connectivity index (χ2n) is 3.49. The Balaban J connectivity index is 2.10. The predicted molar refractivity (Wildman–Crippen MR) is 55.4 cm³/mol. The van der Waals surface area contributed by atoms with E-state index in [1.54, 1.807) is 6.26 Å². The average Bonchev–Trinajstić information content (AvgIpc) is 2.82. The molecule has 74 valence electrons. The monoisotopic (exact) mass is 199 g/mol. The van der Waals surface area contributed by atoms with Crippen LogP contribution in [0.25, 0.3) is 0 Å². The van der Waals surface area contributed by atoms with Gasteiger partial charge in [0.25, 0.3) is 0 Å². The number of benzene rings is 1. The van der Waals surface area contributed by atoms with Crippen LogP contribution in [0, 0.1) is 0 Å². The quantitative estimate of drug-likeness (QED) is 0.708. The second kappa shape index (κ2) is 3.31. The summed E-state index contributed by atoms with van der Waals surface area (Å²) in [5.41, 5.74) is 3.07. The zero-order valence-corrected chi connectivity index (χ0v) is 8.00. The van der Waals surface area contributed by atoms with Crippen molar-refractivity contribution in [1.29, 1.82) is 0 Å². The molecule has 1 aromatic heterocycles. The van der Waals surface area contributed by atoms with Crippen LogP contribution >= 0.6 is 0 Å². The molecule has 2 heterocycles. The average molecular weight is 199 g/mol. The fourth-order valence-corrected chi connectivity index (χ4v) is 1.89. The van der Waals surface area contributed by atoms with E-state index in [-0.39, 0.29) is 5.92 Å². The summed E-state index contributed by atoms with van der Waals surface area (Å²) in [6, 6.07) is 8.08. The van der Waals surface area contributed by atoms with Gasteiger partial charge >= 0.3 is 0 Å². The molecule has 1 aromatic carbocycles. The van der Waals surface area contributed by atoms with Crippen molar-refractivity contribution < 1.29 is 4.52 Å². The van der Waals surface area contributed by atoms with Gasteiger partial charge in [0.2, 0.25) is 0 Å². The molecule has 0 saturated carbocycles. The Hall–Kier alpha value is -1.97. The molecule has 0 radical (unpaired) electrons. The molecule has 15 heavy (non-hydrogen) atoms. The molecule has 4 nitrogen and oxygen atoms in total. The van der Waals surface area contributed by atoms with Crippen LogP contribution in [0.5, 0.6) is 0 Å². The van der Waals surface area contributed by atoms with Crippen LogP contribution in [-0.4, -0.2) is 16.6 Å². The SMILES string of the molecule is C1=Nc2ccccc2C(c2conn2)C1. The molecule has 0 fully saturated rings. The highest BCUT2D eigenvalue weighted by molar-refractivity contribution is 5.71. The van der Waals surface area contributed by atoms with Crippen molar-refractivity contribution in [1.82, 2.24) is 10.4 Å². The lowest BCUT2D eigenvalue weighted by Crippen LogP contribution is -2.06. The standard InChI is InChI=1S/C11H9N3O/c1-2-4-10-8(3-1)9(5-6-12-10)11-7-15-14-13-11/h1-4,6-7,9H,5H2. The van der Waals surface area contributed by atoms with E-state index in [0.29, 0.717) is 0 Å². The molecule has 1 atom stereocenters. The number of para-hydroxylation sites is 1. The summed E-state index contributed by atoms with van der Waals surface area (Å²) in [5, 5.41) is 7.46. The van der Waals surface area contributed by atoms with Gasteiger partial charge in [-0.3, -0.25) is 4.99 Å². The van der Waals surface area contributed by atoms with Gasteiger partial charge in [-0.15, -0.1) is 5.10 Å². The maximum atomic E-state index is 4.78. The molecule has 2 aromatic rings. The van der Waals surface area contributed by atoms with E-state index < -0.39 is 0 Å². The van der Waals surface area contributed by atoms with Crippen molar-refractivity contribution in [3.05, 3.63) is 41.8 Å². The van der Waals surface area contributed by atoms with Gasteiger partial charge in [0.05, 0.1) is 5.69 Å². The van der Waals surface area contributed by atoms with E-state index in [4.69, 9.17) is 4.52 Å². The Kier molecular flexibility index (Phi) is 1.84. The highest BCUT2D eigenvalue weighted by Gasteiger charge is 2.21. The van der Waals surface area contributed by atoms with E-state index in [2.05, 4.69) is 21.4 Å². The summed E-state index contributed by atoms with van der Waals surface area (Å²) < 4.78 is 4.78. The molecule has 1 unspecified atom stereocenters. The molecule has 1 aliphatic heterocycles. The van der Waals surface area contributed by atoms with Gasteiger partial charge in [-0.05, 0) is 18.1 Å². The summed E-state index contributed by atoms with van der Waals surface area (Å²) in [7, 11) is 0. The number of aliphatic imine (C=N–C) groups is 1. The maximum absolute atomic E-state index is 4.78. The number of hydrogen-bond donors (Lipinski definition) is 0. The minimum atomic E-state index is 0.227. The summed E-state index contributed by atoms with van der Waals surface area (Å²) >= 11 is 0. The maximum Gasteiger partial charge on any atom is 0.148 e. The molecule has 0 amide bonds. The Morgan fingerprint density at radius 3 is 3.07 bits per heavy atom. The van der Waals surface area contributed by atoms with Crippen LogP contribution in [0.2, 0.25) is 0 Å². The Labute approximate surface area is 86.6 Å². The Morgan fingerprint density at radius 1 is 1.27 bits per heavy atom. The minimum absolute atomic E-state index is 0.227. The van der Waals surface area contributed by atoms with E-state index >= 15 is 0 Å². The highest BCUT2D eigenvalue weighted by Crippen LogP contribution is 2.35. The smallest absolute Gasteiger partial charge is 0.148 e. The molecule has 0 N–H and O–H groups in total. The molecule has 0 aliphatic carbocycles. The number of hydrogen-bond acceptors (Lipinski definition) is 4. The van der Waals surface area contributed by atoms with Crippen molar-refractivity contribution in [3.63, 3.8) is 0 Å². The van der Waals surface area contributed by atoms with Gasteiger partial charge in [0.15, 0.2) is 0 Å². The molecule has 1 aliphatic rings. The van der Waals surface area contributed by atoms with Crippen LogP contribution in [0.4, 0.5) is 5.69 Å². The number of aromatic nitrogens is 2. The van der Waals surface area contributed by atoms with Crippen LogP contribution in [0.15, 0.2) is 40.0 Å². The number of rotatable bonds is 1.